The van der Waals surface area contributed by atoms with Crippen LogP contribution in [0.4, 0.5) is 0 Å². The van der Waals surface area contributed by atoms with Crippen molar-refractivity contribution in [3.63, 3.8) is 0 Å². The molecule has 0 spiro atoms. The summed E-state index contributed by atoms with van der Waals surface area (Å²) in [6.07, 6.45) is 0.857. The second kappa shape index (κ2) is 12.6. The van der Waals surface area contributed by atoms with Gasteiger partial charge in [-0.1, -0.05) is 24.2 Å². The van der Waals surface area contributed by atoms with Gasteiger partial charge in [-0.15, -0.1) is 24.0 Å². The van der Waals surface area contributed by atoms with E-state index in [0.29, 0.717) is 32.3 Å². The first kappa shape index (κ1) is 23.2. The van der Waals surface area contributed by atoms with Gasteiger partial charge in [-0.25, -0.2) is 0 Å². The van der Waals surface area contributed by atoms with Crippen LogP contribution in [-0.4, -0.2) is 38.5 Å². The van der Waals surface area contributed by atoms with E-state index in [9.17, 15) is 0 Å². The van der Waals surface area contributed by atoms with Crippen molar-refractivity contribution in [2.45, 2.75) is 33.4 Å². The van der Waals surface area contributed by atoms with Crippen LogP contribution in [0.3, 0.4) is 0 Å². The van der Waals surface area contributed by atoms with Crippen LogP contribution >= 0.6 is 24.0 Å². The van der Waals surface area contributed by atoms with E-state index in [4.69, 9.17) is 14.0 Å². The highest BCUT2D eigenvalue weighted by Gasteiger charge is 2.07. The quantitative estimate of drug-likeness (QED) is 0.245. The van der Waals surface area contributed by atoms with Gasteiger partial charge in [0, 0.05) is 32.3 Å². The van der Waals surface area contributed by atoms with Gasteiger partial charge in [0.15, 0.2) is 11.7 Å². The summed E-state index contributed by atoms with van der Waals surface area (Å²) in [5.41, 5.74) is 3.16. The maximum Gasteiger partial charge on any atom is 0.191 e. The summed E-state index contributed by atoms with van der Waals surface area (Å²) in [4.78, 5) is 4.24. The number of halogens is 1. The molecule has 2 rings (SSSR count). The molecule has 0 aliphatic heterocycles. The molecular weight excluding hydrogens is 459 g/mol. The monoisotopic (exact) mass is 488 g/mol. The molecule has 8 heteroatoms. The molecule has 0 amide bonds. The highest BCUT2D eigenvalue weighted by Crippen LogP contribution is 2.20. The van der Waals surface area contributed by atoms with Crippen LogP contribution in [0, 0.1) is 6.92 Å². The van der Waals surface area contributed by atoms with Crippen LogP contribution in [0.5, 0.6) is 5.75 Å². The average Bonchev–Trinajstić information content (AvgIpc) is 3.11. The van der Waals surface area contributed by atoms with E-state index >= 15 is 0 Å². The second-order valence-corrected chi connectivity index (χ2v) is 5.87. The lowest BCUT2D eigenvalue weighted by molar-refractivity contribution is 0.145. The number of hydrogen-bond acceptors (Lipinski definition) is 5. The van der Waals surface area contributed by atoms with Crippen molar-refractivity contribution >= 4 is 29.9 Å². The van der Waals surface area contributed by atoms with Crippen molar-refractivity contribution in [1.29, 1.82) is 0 Å². The SMILES string of the molecule is CCc1cc(CNC(=NC)NCc2ccc(C)cc2OCCOC)on1.I. The van der Waals surface area contributed by atoms with E-state index < -0.39 is 0 Å². The van der Waals surface area contributed by atoms with Gasteiger partial charge in [-0.2, -0.15) is 0 Å². The Bertz CT molecular complexity index is 719. The summed E-state index contributed by atoms with van der Waals surface area (Å²) >= 11 is 0. The van der Waals surface area contributed by atoms with Crippen molar-refractivity contribution in [3.05, 3.63) is 46.8 Å². The van der Waals surface area contributed by atoms with Crippen LogP contribution in [0.15, 0.2) is 33.8 Å². The first-order valence-electron chi connectivity index (χ1n) is 8.76. The fourth-order valence-electron chi connectivity index (χ4n) is 2.35. The Morgan fingerprint density at radius 1 is 1.19 bits per heavy atom. The van der Waals surface area contributed by atoms with Gasteiger partial charge in [-0.05, 0) is 25.0 Å². The summed E-state index contributed by atoms with van der Waals surface area (Å²) in [5, 5.41) is 10.5. The fourth-order valence-corrected chi connectivity index (χ4v) is 2.35. The summed E-state index contributed by atoms with van der Waals surface area (Å²) < 4.78 is 16.1. The number of benzene rings is 1. The molecule has 0 atom stereocenters. The summed E-state index contributed by atoms with van der Waals surface area (Å²) in [6, 6.07) is 8.10. The molecule has 7 nitrogen and oxygen atoms in total. The lowest BCUT2D eigenvalue weighted by atomic mass is 10.1. The predicted octanol–water partition coefficient (Wildman–Crippen LogP) is 3.05. The standard InChI is InChI=1S/C19H28N4O3.HI/c1-5-16-11-17(26-23-16)13-22-19(20-3)21-12-15-7-6-14(2)10-18(15)25-9-8-24-4;/h6-7,10-11H,5,8-9,12-13H2,1-4H3,(H2,20,21,22);1H. The van der Waals surface area contributed by atoms with Crippen LogP contribution in [0.2, 0.25) is 0 Å². The number of hydrogen-bond donors (Lipinski definition) is 2. The van der Waals surface area contributed by atoms with E-state index in [2.05, 4.69) is 32.9 Å². The molecule has 0 aliphatic rings. The van der Waals surface area contributed by atoms with Crippen molar-refractivity contribution in [1.82, 2.24) is 15.8 Å². The third kappa shape index (κ3) is 7.76. The highest BCUT2D eigenvalue weighted by atomic mass is 127. The lowest BCUT2D eigenvalue weighted by Gasteiger charge is -2.15. The van der Waals surface area contributed by atoms with Gasteiger partial charge in [0.1, 0.15) is 12.4 Å². The third-order valence-electron chi connectivity index (χ3n) is 3.84. The molecule has 150 valence electrons. The maximum atomic E-state index is 5.82. The van der Waals surface area contributed by atoms with Crippen LogP contribution in [0.25, 0.3) is 0 Å². The minimum Gasteiger partial charge on any atom is -0.491 e. The highest BCUT2D eigenvalue weighted by molar-refractivity contribution is 14.0. The maximum absolute atomic E-state index is 5.82. The average molecular weight is 488 g/mol. The third-order valence-corrected chi connectivity index (χ3v) is 3.84. The normalized spacial score (nSPS) is 11.0. The fraction of sp³-hybridized carbons (Fsp3) is 0.474. The van der Waals surface area contributed by atoms with E-state index in [-0.39, 0.29) is 24.0 Å². The molecule has 1 aromatic heterocycles. The molecule has 0 bridgehead atoms. The van der Waals surface area contributed by atoms with Crippen molar-refractivity contribution < 1.29 is 14.0 Å². The van der Waals surface area contributed by atoms with Crippen molar-refractivity contribution in [2.24, 2.45) is 4.99 Å². The molecule has 0 aliphatic carbocycles. The zero-order valence-electron chi connectivity index (χ0n) is 16.4. The number of rotatable bonds is 9. The van der Waals surface area contributed by atoms with Gasteiger partial charge in [-0.3, -0.25) is 4.99 Å². The van der Waals surface area contributed by atoms with Crippen LogP contribution in [-0.2, 0) is 24.2 Å². The molecule has 0 radical (unpaired) electrons. The molecule has 2 aromatic rings. The summed E-state index contributed by atoms with van der Waals surface area (Å²) in [6.45, 7) is 6.29. The van der Waals surface area contributed by atoms with E-state index in [1.807, 2.05) is 26.0 Å². The van der Waals surface area contributed by atoms with Crippen molar-refractivity contribution in [3.8, 4) is 5.75 Å². The van der Waals surface area contributed by atoms with E-state index in [0.717, 1.165) is 34.8 Å². The Hall–Kier alpha value is -1.81. The molecule has 1 heterocycles. The Morgan fingerprint density at radius 2 is 1.96 bits per heavy atom. The number of nitrogens with zero attached hydrogens (tertiary/aromatic N) is 2. The zero-order chi connectivity index (χ0) is 18.8. The number of ether oxygens (including phenoxy) is 2. The molecule has 0 saturated heterocycles. The topological polar surface area (TPSA) is 80.9 Å². The number of nitrogens with one attached hydrogen (secondary N) is 2. The Balaban J connectivity index is 0.00000364. The number of aromatic nitrogens is 1. The zero-order valence-corrected chi connectivity index (χ0v) is 18.7. The minimum absolute atomic E-state index is 0. The van der Waals surface area contributed by atoms with Gasteiger partial charge >= 0.3 is 0 Å². The first-order chi connectivity index (χ1) is 12.7. The number of methoxy groups -OCH3 is 1. The van der Waals surface area contributed by atoms with E-state index in [1.165, 1.54) is 0 Å². The van der Waals surface area contributed by atoms with Gasteiger partial charge in [0.25, 0.3) is 0 Å². The summed E-state index contributed by atoms with van der Waals surface area (Å²) in [7, 11) is 3.40. The van der Waals surface area contributed by atoms with E-state index in [1.54, 1.807) is 14.2 Å². The molecule has 0 fully saturated rings. The molecule has 1 aromatic carbocycles. The van der Waals surface area contributed by atoms with Crippen LogP contribution < -0.4 is 15.4 Å². The van der Waals surface area contributed by atoms with Gasteiger partial charge < -0.3 is 24.6 Å². The minimum atomic E-state index is 0. The van der Waals surface area contributed by atoms with Gasteiger partial charge in [0.05, 0.1) is 18.8 Å². The molecule has 27 heavy (non-hydrogen) atoms. The van der Waals surface area contributed by atoms with Crippen LogP contribution in [0.1, 0.15) is 29.5 Å². The molecule has 0 saturated carbocycles. The Morgan fingerprint density at radius 3 is 2.63 bits per heavy atom. The molecule has 0 unspecified atom stereocenters. The first-order valence-corrected chi connectivity index (χ1v) is 8.76. The second-order valence-electron chi connectivity index (χ2n) is 5.87. The number of aryl methyl sites for hydroxylation is 2. The number of aliphatic imine (C=N–C) groups is 1. The molecule has 2 N–H and O–H groups in total. The van der Waals surface area contributed by atoms with Gasteiger partial charge in [0.2, 0.25) is 0 Å². The molecular formula is C19H29IN4O3. The van der Waals surface area contributed by atoms with Crippen molar-refractivity contribution in [2.75, 3.05) is 27.4 Å². The predicted molar refractivity (Wildman–Crippen MR) is 117 cm³/mol. The lowest BCUT2D eigenvalue weighted by Crippen LogP contribution is -2.36. The number of guanidine groups is 1. The smallest absolute Gasteiger partial charge is 0.191 e. The largest absolute Gasteiger partial charge is 0.491 e. The Kier molecular flexibility index (Phi) is 10.8. The Labute approximate surface area is 177 Å². The summed E-state index contributed by atoms with van der Waals surface area (Å²) in [5.74, 6) is 2.32.